The summed E-state index contributed by atoms with van der Waals surface area (Å²) in [6.07, 6.45) is 2.53. The number of rotatable bonds is 5. The van der Waals surface area contributed by atoms with Crippen LogP contribution in [0, 0.1) is 11.3 Å². The molecule has 1 atom stereocenters. The Morgan fingerprint density at radius 3 is 2.90 bits per heavy atom. The molecule has 2 rings (SSSR count). The molecule has 0 N–H and O–H groups in total. The van der Waals surface area contributed by atoms with E-state index in [4.69, 9.17) is 10.00 Å². The first-order valence-corrected chi connectivity index (χ1v) is 8.64. The van der Waals surface area contributed by atoms with Gasteiger partial charge in [-0.25, -0.2) is 8.42 Å². The number of nitrogens with zero attached hydrogens (tertiary/aromatic N) is 2. The van der Waals surface area contributed by atoms with Crippen molar-refractivity contribution in [1.29, 1.82) is 5.26 Å². The second-order valence-electron chi connectivity index (χ2n) is 5.11. The molecule has 0 saturated carbocycles. The third-order valence-corrected chi connectivity index (χ3v) is 5.45. The third-order valence-electron chi connectivity index (χ3n) is 3.52. The second kappa shape index (κ2) is 7.03. The quantitative estimate of drug-likeness (QED) is 0.835. The molecule has 114 valence electrons. The molecular weight excluding hydrogens is 288 g/mol. The number of hydrogen-bond donors (Lipinski definition) is 0. The van der Waals surface area contributed by atoms with Crippen molar-refractivity contribution in [3.8, 4) is 6.07 Å². The van der Waals surface area contributed by atoms with Crippen molar-refractivity contribution < 1.29 is 13.2 Å². The van der Waals surface area contributed by atoms with Gasteiger partial charge in [-0.05, 0) is 31.4 Å². The molecule has 21 heavy (non-hydrogen) atoms. The molecule has 6 heteroatoms. The van der Waals surface area contributed by atoms with Gasteiger partial charge in [0.1, 0.15) is 6.07 Å². The van der Waals surface area contributed by atoms with E-state index in [1.54, 1.807) is 12.1 Å². The number of sulfonamides is 1. The summed E-state index contributed by atoms with van der Waals surface area (Å²) in [4.78, 5) is 0.0867. The lowest BCUT2D eigenvalue weighted by atomic mass is 10.1. The van der Waals surface area contributed by atoms with Crippen LogP contribution < -0.4 is 0 Å². The minimum atomic E-state index is -3.63. The lowest BCUT2D eigenvalue weighted by Crippen LogP contribution is -2.43. The lowest BCUT2D eigenvalue weighted by Gasteiger charge is -2.32. The molecule has 0 spiro atoms. The molecule has 0 radical (unpaired) electrons. The Morgan fingerprint density at radius 2 is 2.19 bits per heavy atom. The molecule has 1 fully saturated rings. The van der Waals surface area contributed by atoms with Crippen LogP contribution >= 0.6 is 0 Å². The molecule has 1 aliphatic heterocycles. The van der Waals surface area contributed by atoms with Gasteiger partial charge < -0.3 is 4.74 Å². The maximum absolute atomic E-state index is 12.7. The summed E-state index contributed by atoms with van der Waals surface area (Å²) in [5.74, 6) is 0. The fourth-order valence-corrected chi connectivity index (χ4v) is 4.12. The van der Waals surface area contributed by atoms with E-state index >= 15 is 0 Å². The first kappa shape index (κ1) is 16.0. The van der Waals surface area contributed by atoms with Crippen LogP contribution in [0.25, 0.3) is 0 Å². The van der Waals surface area contributed by atoms with E-state index < -0.39 is 10.0 Å². The molecule has 1 aromatic rings. The van der Waals surface area contributed by atoms with E-state index in [-0.39, 0.29) is 16.6 Å². The van der Waals surface area contributed by atoms with Crippen molar-refractivity contribution in [1.82, 2.24) is 4.31 Å². The van der Waals surface area contributed by atoms with Crippen LogP contribution in [0.5, 0.6) is 0 Å². The molecular formula is C15H20N2O3S. The van der Waals surface area contributed by atoms with Crippen molar-refractivity contribution in [2.24, 2.45) is 0 Å². The van der Waals surface area contributed by atoms with E-state index in [1.165, 1.54) is 16.4 Å². The maximum atomic E-state index is 12.7. The van der Waals surface area contributed by atoms with Crippen LogP contribution in [0.2, 0.25) is 0 Å². The van der Waals surface area contributed by atoms with Crippen LogP contribution in [-0.4, -0.2) is 38.5 Å². The zero-order valence-electron chi connectivity index (χ0n) is 12.2. The monoisotopic (exact) mass is 308 g/mol. The zero-order valence-corrected chi connectivity index (χ0v) is 13.0. The summed E-state index contributed by atoms with van der Waals surface area (Å²) < 4.78 is 32.5. The summed E-state index contributed by atoms with van der Waals surface area (Å²) in [7, 11) is -3.63. The summed E-state index contributed by atoms with van der Waals surface area (Å²) in [6, 6.07) is 8.28. The van der Waals surface area contributed by atoms with Gasteiger partial charge in [-0.2, -0.15) is 9.57 Å². The van der Waals surface area contributed by atoms with Crippen molar-refractivity contribution >= 4 is 10.0 Å². The highest BCUT2D eigenvalue weighted by Crippen LogP contribution is 2.24. The van der Waals surface area contributed by atoms with Gasteiger partial charge in [0.25, 0.3) is 0 Å². The Kier molecular flexibility index (Phi) is 5.34. The van der Waals surface area contributed by atoms with Crippen LogP contribution in [0.4, 0.5) is 0 Å². The largest absolute Gasteiger partial charge is 0.377 e. The summed E-state index contributed by atoms with van der Waals surface area (Å²) >= 11 is 0. The van der Waals surface area contributed by atoms with Crippen LogP contribution in [0.15, 0.2) is 29.2 Å². The molecule has 0 aromatic heterocycles. The van der Waals surface area contributed by atoms with E-state index in [9.17, 15) is 8.42 Å². The Morgan fingerprint density at radius 1 is 1.43 bits per heavy atom. The second-order valence-corrected chi connectivity index (χ2v) is 7.01. The molecule has 0 aliphatic carbocycles. The number of ether oxygens (including phenoxy) is 1. The van der Waals surface area contributed by atoms with E-state index in [1.807, 2.05) is 13.0 Å². The molecule has 1 unspecified atom stereocenters. The third kappa shape index (κ3) is 3.62. The average Bonchev–Trinajstić information content (AvgIpc) is 2.53. The Balaban J connectivity index is 2.21. The molecule has 5 nitrogen and oxygen atoms in total. The van der Waals surface area contributed by atoms with Crippen LogP contribution in [0.1, 0.15) is 31.7 Å². The van der Waals surface area contributed by atoms with Crippen molar-refractivity contribution in [2.45, 2.75) is 37.2 Å². The van der Waals surface area contributed by atoms with E-state index in [0.717, 1.165) is 19.3 Å². The highest BCUT2D eigenvalue weighted by Gasteiger charge is 2.31. The highest BCUT2D eigenvalue weighted by atomic mass is 32.2. The minimum Gasteiger partial charge on any atom is -0.377 e. The number of nitriles is 1. The fraction of sp³-hybridized carbons (Fsp3) is 0.533. The van der Waals surface area contributed by atoms with Gasteiger partial charge in [-0.1, -0.05) is 19.1 Å². The topological polar surface area (TPSA) is 70.4 Å². The SMILES string of the molecule is CCCOC1CCCN(S(=O)(=O)c2ccccc2C#N)C1. The number of benzene rings is 1. The van der Waals surface area contributed by atoms with Crippen molar-refractivity contribution in [2.75, 3.05) is 19.7 Å². The van der Waals surface area contributed by atoms with Gasteiger partial charge in [-0.15, -0.1) is 0 Å². The summed E-state index contributed by atoms with van der Waals surface area (Å²) in [5, 5.41) is 9.09. The number of piperidine rings is 1. The first-order valence-electron chi connectivity index (χ1n) is 7.20. The summed E-state index contributed by atoms with van der Waals surface area (Å²) in [5.41, 5.74) is 0.189. The summed E-state index contributed by atoms with van der Waals surface area (Å²) in [6.45, 7) is 3.52. The zero-order chi connectivity index (χ0) is 15.3. The molecule has 1 aliphatic rings. The van der Waals surface area contributed by atoms with Gasteiger partial charge in [0.05, 0.1) is 16.6 Å². The predicted octanol–water partition coefficient (Wildman–Crippen LogP) is 2.14. The van der Waals surface area contributed by atoms with Gasteiger partial charge in [0.2, 0.25) is 10.0 Å². The van der Waals surface area contributed by atoms with Crippen LogP contribution in [-0.2, 0) is 14.8 Å². The van der Waals surface area contributed by atoms with Gasteiger partial charge in [0.15, 0.2) is 0 Å². The maximum Gasteiger partial charge on any atom is 0.244 e. The van der Waals surface area contributed by atoms with Gasteiger partial charge in [-0.3, -0.25) is 0 Å². The highest BCUT2D eigenvalue weighted by molar-refractivity contribution is 7.89. The molecule has 0 bridgehead atoms. The molecule has 1 heterocycles. The van der Waals surface area contributed by atoms with Crippen molar-refractivity contribution in [3.63, 3.8) is 0 Å². The molecule has 1 saturated heterocycles. The first-order chi connectivity index (χ1) is 10.1. The minimum absolute atomic E-state index is 0.0530. The van der Waals surface area contributed by atoms with Crippen LogP contribution in [0.3, 0.4) is 0 Å². The predicted molar refractivity (Wildman–Crippen MR) is 79.2 cm³/mol. The lowest BCUT2D eigenvalue weighted by molar-refractivity contribution is 0.0193. The van der Waals surface area contributed by atoms with E-state index in [2.05, 4.69) is 0 Å². The van der Waals surface area contributed by atoms with Crippen molar-refractivity contribution in [3.05, 3.63) is 29.8 Å². The normalized spacial score (nSPS) is 20.1. The average molecular weight is 308 g/mol. The number of hydrogen-bond acceptors (Lipinski definition) is 4. The Bertz CT molecular complexity index is 622. The molecule has 1 aromatic carbocycles. The Labute approximate surface area is 126 Å². The molecule has 0 amide bonds. The Hall–Kier alpha value is -1.42. The van der Waals surface area contributed by atoms with Gasteiger partial charge in [0, 0.05) is 19.7 Å². The smallest absolute Gasteiger partial charge is 0.244 e. The fourth-order valence-electron chi connectivity index (χ4n) is 2.47. The van der Waals surface area contributed by atoms with E-state index in [0.29, 0.717) is 19.7 Å². The standard InChI is InChI=1S/C15H20N2O3S/c1-2-10-20-14-7-5-9-17(12-14)21(18,19)15-8-4-3-6-13(15)11-16/h3-4,6,8,14H,2,5,7,9-10,12H2,1H3. The van der Waals surface area contributed by atoms with Gasteiger partial charge >= 0.3 is 0 Å².